The smallest absolute Gasteiger partial charge is 0.130 e. The predicted octanol–water partition coefficient (Wildman–Crippen LogP) is 3.34. The molecule has 0 spiro atoms. The maximum absolute atomic E-state index is 4.43. The molecule has 0 fully saturated rings. The van der Waals surface area contributed by atoms with E-state index in [1.807, 2.05) is 29.3 Å². The molecule has 2 aromatic heterocycles. The summed E-state index contributed by atoms with van der Waals surface area (Å²) in [7, 11) is 0. The van der Waals surface area contributed by atoms with Gasteiger partial charge in [0.25, 0.3) is 0 Å². The molecule has 0 aliphatic rings. The highest BCUT2D eigenvalue weighted by Crippen LogP contribution is 2.22. The molecule has 1 N–H and O–H groups in total. The van der Waals surface area contributed by atoms with Crippen LogP contribution in [0.4, 0.5) is 11.5 Å². The van der Waals surface area contributed by atoms with Crippen molar-refractivity contribution in [2.24, 2.45) is 0 Å². The van der Waals surface area contributed by atoms with Crippen LogP contribution in [0.25, 0.3) is 0 Å². The third-order valence-corrected chi connectivity index (χ3v) is 2.86. The Morgan fingerprint density at radius 1 is 1.22 bits per heavy atom. The van der Waals surface area contributed by atoms with E-state index in [2.05, 4.69) is 49.2 Å². The average molecular weight is 244 g/mol. The molecule has 0 atom stereocenters. The lowest BCUT2D eigenvalue weighted by molar-refractivity contribution is 0.587. The van der Waals surface area contributed by atoms with Gasteiger partial charge in [0, 0.05) is 18.9 Å². The minimum Gasteiger partial charge on any atom is -0.338 e. The zero-order valence-electron chi connectivity index (χ0n) is 11.4. The van der Waals surface area contributed by atoms with Gasteiger partial charge in [-0.1, -0.05) is 26.8 Å². The van der Waals surface area contributed by atoms with Crippen LogP contribution >= 0.6 is 0 Å². The van der Waals surface area contributed by atoms with Gasteiger partial charge >= 0.3 is 0 Å². The van der Waals surface area contributed by atoms with Crippen molar-refractivity contribution in [1.29, 1.82) is 0 Å². The second-order valence-electron chi connectivity index (χ2n) is 5.39. The molecule has 2 aromatic rings. The number of rotatable bonds is 3. The zero-order valence-corrected chi connectivity index (χ0v) is 11.4. The first-order valence-electron chi connectivity index (χ1n) is 6.25. The Bertz CT molecular complexity index is 505. The molecule has 0 saturated heterocycles. The molecule has 4 heteroatoms. The minimum absolute atomic E-state index is 0.138. The van der Waals surface area contributed by atoms with Gasteiger partial charge < -0.3 is 5.32 Å². The predicted molar refractivity (Wildman–Crippen MR) is 74.1 cm³/mol. The lowest BCUT2D eigenvalue weighted by atomic mass is 9.88. The number of aryl methyl sites for hydroxylation is 1. The number of pyridine rings is 1. The molecule has 0 amide bonds. The van der Waals surface area contributed by atoms with E-state index < -0.39 is 0 Å². The fourth-order valence-electron chi connectivity index (χ4n) is 1.66. The minimum atomic E-state index is 0.138. The average Bonchev–Trinajstić information content (AvgIpc) is 2.76. The van der Waals surface area contributed by atoms with Crippen LogP contribution in [0.15, 0.2) is 30.7 Å². The van der Waals surface area contributed by atoms with Crippen molar-refractivity contribution in [3.63, 3.8) is 0 Å². The van der Waals surface area contributed by atoms with Gasteiger partial charge in [0.1, 0.15) is 5.82 Å². The number of hydrogen-bond acceptors (Lipinski definition) is 3. The van der Waals surface area contributed by atoms with E-state index in [1.165, 1.54) is 5.56 Å². The maximum atomic E-state index is 4.43. The molecule has 2 rings (SSSR count). The third kappa shape index (κ3) is 2.88. The van der Waals surface area contributed by atoms with E-state index in [1.54, 1.807) is 0 Å². The quantitative estimate of drug-likeness (QED) is 0.900. The molecular formula is C14H20N4. The second kappa shape index (κ2) is 4.80. The first kappa shape index (κ1) is 12.6. The molecule has 0 aliphatic heterocycles. The van der Waals surface area contributed by atoms with Gasteiger partial charge in [0.2, 0.25) is 0 Å². The lowest BCUT2D eigenvalue weighted by Crippen LogP contribution is -2.11. The van der Waals surface area contributed by atoms with Crippen molar-refractivity contribution < 1.29 is 0 Å². The Hall–Kier alpha value is -1.84. The second-order valence-corrected chi connectivity index (χ2v) is 5.39. The summed E-state index contributed by atoms with van der Waals surface area (Å²) in [5.41, 5.74) is 2.34. The summed E-state index contributed by atoms with van der Waals surface area (Å²) in [6.07, 6.45) is 5.70. The molecule has 0 unspecified atom stereocenters. The topological polar surface area (TPSA) is 42.7 Å². The Labute approximate surface area is 108 Å². The summed E-state index contributed by atoms with van der Waals surface area (Å²) in [5.74, 6) is 0.846. The summed E-state index contributed by atoms with van der Waals surface area (Å²) < 4.78 is 1.88. The molecular weight excluding hydrogens is 224 g/mol. The van der Waals surface area contributed by atoms with Gasteiger partial charge in [-0.25, -0.2) is 4.98 Å². The highest BCUT2D eigenvalue weighted by molar-refractivity contribution is 5.54. The summed E-state index contributed by atoms with van der Waals surface area (Å²) >= 11 is 0. The van der Waals surface area contributed by atoms with Crippen LogP contribution < -0.4 is 5.32 Å². The summed E-state index contributed by atoms with van der Waals surface area (Å²) in [6.45, 7) is 9.48. The first-order chi connectivity index (χ1) is 8.49. The summed E-state index contributed by atoms with van der Waals surface area (Å²) in [5, 5.41) is 7.46. The van der Waals surface area contributed by atoms with Crippen LogP contribution in [-0.2, 0) is 12.0 Å². The number of anilines is 2. The number of nitrogens with one attached hydrogen (secondary N) is 1. The largest absolute Gasteiger partial charge is 0.338 e. The summed E-state index contributed by atoms with van der Waals surface area (Å²) in [6, 6.07) is 4.11. The van der Waals surface area contributed by atoms with Crippen LogP contribution in [0, 0.1) is 0 Å². The molecule has 2 heterocycles. The molecule has 96 valence electrons. The van der Waals surface area contributed by atoms with E-state index in [-0.39, 0.29) is 5.41 Å². The van der Waals surface area contributed by atoms with Gasteiger partial charge in [-0.05, 0) is 24.0 Å². The normalized spacial score (nSPS) is 11.6. The van der Waals surface area contributed by atoms with Crippen molar-refractivity contribution in [3.8, 4) is 0 Å². The van der Waals surface area contributed by atoms with E-state index in [0.29, 0.717) is 0 Å². The fraction of sp³-hybridized carbons (Fsp3) is 0.429. The standard InChI is InChI=1S/C14H20N4/c1-5-18-10-12(9-16-18)17-13-7-6-11(8-15-13)14(2,3)4/h6-10H,5H2,1-4H3,(H,15,17). The van der Waals surface area contributed by atoms with E-state index in [0.717, 1.165) is 18.1 Å². The molecule has 0 saturated carbocycles. The van der Waals surface area contributed by atoms with Gasteiger partial charge in [0.05, 0.1) is 11.9 Å². The van der Waals surface area contributed by atoms with Crippen LogP contribution in [0.3, 0.4) is 0 Å². The van der Waals surface area contributed by atoms with Crippen molar-refractivity contribution in [1.82, 2.24) is 14.8 Å². The molecule has 4 nitrogen and oxygen atoms in total. The van der Waals surface area contributed by atoms with Gasteiger partial charge in [-0.2, -0.15) is 5.10 Å². The monoisotopic (exact) mass is 244 g/mol. The number of aromatic nitrogens is 3. The van der Waals surface area contributed by atoms with Crippen molar-refractivity contribution in [2.75, 3.05) is 5.32 Å². The maximum Gasteiger partial charge on any atom is 0.130 e. The van der Waals surface area contributed by atoms with Gasteiger partial charge in [-0.3, -0.25) is 4.68 Å². The zero-order chi connectivity index (χ0) is 13.2. The van der Waals surface area contributed by atoms with E-state index in [9.17, 15) is 0 Å². The van der Waals surface area contributed by atoms with Gasteiger partial charge in [-0.15, -0.1) is 0 Å². The lowest BCUT2D eigenvalue weighted by Gasteiger charge is -2.18. The first-order valence-corrected chi connectivity index (χ1v) is 6.25. The molecule has 18 heavy (non-hydrogen) atoms. The van der Waals surface area contributed by atoms with Crippen LogP contribution in [0.1, 0.15) is 33.3 Å². The molecule has 0 aromatic carbocycles. The molecule has 0 bridgehead atoms. The third-order valence-electron chi connectivity index (χ3n) is 2.86. The van der Waals surface area contributed by atoms with E-state index >= 15 is 0 Å². The Balaban J connectivity index is 2.11. The van der Waals surface area contributed by atoms with Crippen LogP contribution in [0.5, 0.6) is 0 Å². The molecule has 0 aliphatic carbocycles. The Morgan fingerprint density at radius 3 is 2.50 bits per heavy atom. The van der Waals surface area contributed by atoms with Crippen LogP contribution in [0.2, 0.25) is 0 Å². The van der Waals surface area contributed by atoms with Gasteiger partial charge in [0.15, 0.2) is 0 Å². The number of hydrogen-bond donors (Lipinski definition) is 1. The van der Waals surface area contributed by atoms with Crippen molar-refractivity contribution >= 4 is 11.5 Å². The van der Waals surface area contributed by atoms with Crippen molar-refractivity contribution in [3.05, 3.63) is 36.3 Å². The Kier molecular flexibility index (Phi) is 3.36. The SMILES string of the molecule is CCn1cc(Nc2ccc(C(C)(C)C)cn2)cn1. The fourth-order valence-corrected chi connectivity index (χ4v) is 1.66. The Morgan fingerprint density at radius 2 is 2.00 bits per heavy atom. The number of nitrogens with zero attached hydrogens (tertiary/aromatic N) is 3. The summed E-state index contributed by atoms with van der Waals surface area (Å²) in [4.78, 5) is 4.43. The van der Waals surface area contributed by atoms with E-state index in [4.69, 9.17) is 0 Å². The highest BCUT2D eigenvalue weighted by atomic mass is 15.3. The van der Waals surface area contributed by atoms with Crippen LogP contribution in [-0.4, -0.2) is 14.8 Å². The molecule has 0 radical (unpaired) electrons. The van der Waals surface area contributed by atoms with Crippen molar-refractivity contribution in [2.45, 2.75) is 39.7 Å². The highest BCUT2D eigenvalue weighted by Gasteiger charge is 2.13.